The van der Waals surface area contributed by atoms with E-state index in [1.165, 1.54) is 0 Å². The molecule has 0 aliphatic carbocycles. The van der Waals surface area contributed by atoms with Gasteiger partial charge in [-0.25, -0.2) is 4.18 Å². The molecule has 1 amide bonds. The molecular weight excluding hydrogens is 438 g/mol. The van der Waals surface area contributed by atoms with Crippen molar-refractivity contribution >= 4 is 16.3 Å². The maximum absolute atomic E-state index is 11.3. The molecule has 176 valence electrons. The van der Waals surface area contributed by atoms with Crippen LogP contribution in [0.1, 0.15) is 6.92 Å². The van der Waals surface area contributed by atoms with Crippen LogP contribution >= 0.6 is 0 Å². The number of amides is 1. The Morgan fingerprint density at radius 1 is 1.00 bits per heavy atom. The Hall–Kier alpha value is -1.02. The summed E-state index contributed by atoms with van der Waals surface area (Å²) in [5, 5.41) is 62.1. The Kier molecular flexibility index (Phi) is 8.47. The lowest BCUT2D eigenvalue weighted by Gasteiger charge is -2.46. The van der Waals surface area contributed by atoms with Crippen molar-refractivity contribution in [1.29, 1.82) is 0 Å². The van der Waals surface area contributed by atoms with Crippen LogP contribution in [0.15, 0.2) is 0 Å². The van der Waals surface area contributed by atoms with Gasteiger partial charge in [-0.15, -0.1) is 0 Å². The molecule has 2 fully saturated rings. The lowest BCUT2D eigenvalue weighted by Crippen LogP contribution is -2.67. The van der Waals surface area contributed by atoms with Crippen molar-refractivity contribution in [2.45, 2.75) is 68.3 Å². The van der Waals surface area contributed by atoms with Gasteiger partial charge in [-0.1, -0.05) is 0 Å². The number of carbonyl (C=O) groups is 1. The van der Waals surface area contributed by atoms with E-state index in [2.05, 4.69) is 9.50 Å². The molecule has 2 rings (SSSR count). The Balaban J connectivity index is 2.17. The fourth-order valence-corrected chi connectivity index (χ4v) is 3.42. The molecule has 30 heavy (non-hydrogen) atoms. The van der Waals surface area contributed by atoms with Crippen LogP contribution in [0.4, 0.5) is 0 Å². The number of hydrogen-bond donors (Lipinski definition) is 8. The Bertz CT molecular complexity index is 690. The average Bonchev–Trinajstić information content (AvgIpc) is 2.65. The number of rotatable bonds is 7. The van der Waals surface area contributed by atoms with Gasteiger partial charge in [0.1, 0.15) is 48.8 Å². The summed E-state index contributed by atoms with van der Waals surface area (Å²) in [6, 6.07) is -1.38. The van der Waals surface area contributed by atoms with Crippen molar-refractivity contribution in [3.8, 4) is 0 Å². The molecule has 0 bridgehead atoms. The molecule has 8 N–H and O–H groups in total. The quantitative estimate of drug-likeness (QED) is 0.164. The third kappa shape index (κ3) is 6.02. The molecule has 0 radical (unpaired) electrons. The summed E-state index contributed by atoms with van der Waals surface area (Å²) in [6.45, 7) is -0.613. The Morgan fingerprint density at radius 2 is 1.63 bits per heavy atom. The van der Waals surface area contributed by atoms with Gasteiger partial charge in [0.15, 0.2) is 12.6 Å². The van der Waals surface area contributed by atoms with Crippen molar-refractivity contribution in [2.75, 3.05) is 13.2 Å². The number of hydrogen-bond acceptors (Lipinski definition) is 13. The van der Waals surface area contributed by atoms with Gasteiger partial charge in [0.05, 0.1) is 13.2 Å². The summed E-state index contributed by atoms with van der Waals surface area (Å²) in [4.78, 5) is 11.3. The van der Waals surface area contributed by atoms with Crippen molar-refractivity contribution in [3.05, 3.63) is 0 Å². The minimum atomic E-state index is -4.91. The zero-order valence-electron chi connectivity index (χ0n) is 15.6. The van der Waals surface area contributed by atoms with Crippen LogP contribution in [0, 0.1) is 0 Å². The van der Waals surface area contributed by atoms with E-state index < -0.39 is 90.9 Å². The molecule has 0 aromatic heterocycles. The predicted octanol–water partition coefficient (Wildman–Crippen LogP) is -5.43. The van der Waals surface area contributed by atoms with Gasteiger partial charge in [0, 0.05) is 6.92 Å². The molecule has 1 unspecified atom stereocenters. The summed E-state index contributed by atoms with van der Waals surface area (Å²) in [7, 11) is -4.91. The largest absolute Gasteiger partial charge is 0.397 e. The highest BCUT2D eigenvalue weighted by atomic mass is 32.3. The zero-order valence-corrected chi connectivity index (χ0v) is 16.4. The highest BCUT2D eigenvalue weighted by Gasteiger charge is 2.50. The number of ether oxygens (including phenoxy) is 3. The molecule has 15 nitrogen and oxygen atoms in total. The fraction of sp³-hybridized carbons (Fsp3) is 0.929. The molecule has 2 heterocycles. The second-order valence-electron chi connectivity index (χ2n) is 6.79. The maximum Gasteiger partial charge on any atom is 0.397 e. The van der Waals surface area contributed by atoms with Gasteiger partial charge in [0.25, 0.3) is 0 Å². The normalized spacial score (nSPS) is 42.7. The van der Waals surface area contributed by atoms with Gasteiger partial charge in [-0.05, 0) is 0 Å². The molecule has 2 aliphatic rings. The SMILES string of the molecule is CC(=O)N[C@H]1C(O)O[C@H](CO)[C@@H](O[C@@H]2O[C@H](COS(=O)(=O)O)[C@H](O)[C@H](O)[C@H]2O)[C@@H]1O. The summed E-state index contributed by atoms with van der Waals surface area (Å²) in [5.41, 5.74) is 0. The molecule has 0 saturated carbocycles. The van der Waals surface area contributed by atoms with Crippen molar-refractivity contribution in [2.24, 2.45) is 0 Å². The lowest BCUT2D eigenvalue weighted by molar-refractivity contribution is -0.344. The monoisotopic (exact) mass is 463 g/mol. The highest BCUT2D eigenvalue weighted by molar-refractivity contribution is 7.80. The van der Waals surface area contributed by atoms with Gasteiger partial charge >= 0.3 is 10.4 Å². The molecule has 2 aliphatic heterocycles. The maximum atomic E-state index is 11.3. The zero-order chi connectivity index (χ0) is 22.8. The number of nitrogens with one attached hydrogen (secondary N) is 1. The minimum absolute atomic E-state index is 0.627. The molecular formula is C14H25NO14S. The predicted molar refractivity (Wildman–Crippen MR) is 90.6 cm³/mol. The van der Waals surface area contributed by atoms with E-state index in [4.69, 9.17) is 18.8 Å². The summed E-state index contributed by atoms with van der Waals surface area (Å²) < 4.78 is 49.9. The minimum Gasteiger partial charge on any atom is -0.394 e. The van der Waals surface area contributed by atoms with Crippen LogP contribution in [0.2, 0.25) is 0 Å². The molecule has 16 heteroatoms. The molecule has 2 saturated heterocycles. The van der Waals surface area contributed by atoms with E-state index in [1.807, 2.05) is 0 Å². The molecule has 10 atom stereocenters. The number of aliphatic hydroxyl groups is 6. The fourth-order valence-electron chi connectivity index (χ4n) is 3.12. The Morgan fingerprint density at radius 3 is 2.17 bits per heavy atom. The van der Waals surface area contributed by atoms with Crippen LogP contribution in [-0.4, -0.2) is 124 Å². The van der Waals surface area contributed by atoms with Crippen LogP contribution in [0.25, 0.3) is 0 Å². The third-order valence-corrected chi connectivity index (χ3v) is 5.02. The van der Waals surface area contributed by atoms with Crippen molar-refractivity contribution in [3.63, 3.8) is 0 Å². The van der Waals surface area contributed by atoms with Gasteiger partial charge in [-0.3, -0.25) is 9.35 Å². The van der Waals surface area contributed by atoms with Crippen LogP contribution < -0.4 is 5.32 Å². The number of aliphatic hydroxyl groups excluding tert-OH is 6. The summed E-state index contributed by atoms with van der Waals surface area (Å²) in [6.07, 6.45) is -15.3. The van der Waals surface area contributed by atoms with E-state index >= 15 is 0 Å². The van der Waals surface area contributed by atoms with E-state index in [9.17, 15) is 43.9 Å². The van der Waals surface area contributed by atoms with E-state index in [0.717, 1.165) is 6.92 Å². The first-order valence-corrected chi connectivity index (χ1v) is 10.1. The second kappa shape index (κ2) is 10.1. The number of carbonyl (C=O) groups excluding carboxylic acids is 1. The molecule has 0 aromatic carbocycles. The first kappa shape index (κ1) is 25.2. The van der Waals surface area contributed by atoms with E-state index in [1.54, 1.807) is 0 Å². The first-order chi connectivity index (χ1) is 13.9. The standard InChI is InChI=1S/C14H25NO14S/c1-4(17)15-7-9(19)12(5(2-16)27-13(7)22)29-14-11(21)10(20)8(18)6(28-14)3-26-30(23,24)25/h5-14,16,18-22H,2-3H2,1H3,(H,15,17)(H,23,24,25)/t5-,6-,7-,8+,9-,10+,11-,12-,13?,14+/m1/s1. The van der Waals surface area contributed by atoms with Gasteiger partial charge < -0.3 is 50.2 Å². The van der Waals surface area contributed by atoms with E-state index in [0.29, 0.717) is 0 Å². The van der Waals surface area contributed by atoms with Crippen molar-refractivity contribution in [1.82, 2.24) is 5.32 Å². The highest BCUT2D eigenvalue weighted by Crippen LogP contribution is 2.29. The first-order valence-electron chi connectivity index (χ1n) is 8.72. The second-order valence-corrected chi connectivity index (χ2v) is 7.88. The Labute approximate surface area is 170 Å². The third-order valence-electron chi connectivity index (χ3n) is 4.58. The van der Waals surface area contributed by atoms with Crippen LogP contribution in [-0.2, 0) is 33.6 Å². The van der Waals surface area contributed by atoms with Crippen molar-refractivity contribution < 1.29 is 66.8 Å². The van der Waals surface area contributed by atoms with Crippen LogP contribution in [0.5, 0.6) is 0 Å². The van der Waals surface area contributed by atoms with Gasteiger partial charge in [0.2, 0.25) is 5.91 Å². The van der Waals surface area contributed by atoms with Gasteiger partial charge in [-0.2, -0.15) is 8.42 Å². The average molecular weight is 463 g/mol. The molecule has 0 aromatic rings. The molecule has 0 spiro atoms. The summed E-state index contributed by atoms with van der Waals surface area (Å²) in [5.74, 6) is -0.627. The topological polar surface area (TPSA) is 242 Å². The van der Waals surface area contributed by atoms with E-state index in [-0.39, 0.29) is 0 Å². The van der Waals surface area contributed by atoms with Crippen LogP contribution in [0.3, 0.4) is 0 Å². The summed E-state index contributed by atoms with van der Waals surface area (Å²) >= 11 is 0. The smallest absolute Gasteiger partial charge is 0.394 e. The lowest BCUT2D eigenvalue weighted by atomic mass is 9.95.